The number of hydrogen-bond donors (Lipinski definition) is 2. The maximum absolute atomic E-state index is 13.3. The zero-order valence-electron chi connectivity index (χ0n) is 15.0. The van der Waals surface area contributed by atoms with Gasteiger partial charge in [0.25, 0.3) is 0 Å². The van der Waals surface area contributed by atoms with E-state index in [2.05, 4.69) is 22.0 Å². The summed E-state index contributed by atoms with van der Waals surface area (Å²) >= 11 is 0. The fraction of sp³-hybridized carbons (Fsp3) is 0.632. The summed E-state index contributed by atoms with van der Waals surface area (Å²) in [4.78, 5) is 17.3. The van der Waals surface area contributed by atoms with E-state index in [1.165, 1.54) is 12.1 Å². The van der Waals surface area contributed by atoms with Crippen LogP contribution in [0, 0.1) is 5.82 Å². The Morgan fingerprint density at radius 3 is 2.56 bits per heavy atom. The predicted molar refractivity (Wildman–Crippen MR) is 94.6 cm³/mol. The van der Waals surface area contributed by atoms with Gasteiger partial charge in [0, 0.05) is 38.3 Å². The van der Waals surface area contributed by atoms with Crippen molar-refractivity contribution < 1.29 is 14.3 Å². The highest BCUT2D eigenvalue weighted by molar-refractivity contribution is 5.83. The van der Waals surface area contributed by atoms with E-state index in [1.54, 1.807) is 19.1 Å². The number of aliphatic hydroxyl groups is 1. The molecule has 25 heavy (non-hydrogen) atoms. The van der Waals surface area contributed by atoms with Gasteiger partial charge in [0.1, 0.15) is 11.9 Å². The van der Waals surface area contributed by atoms with Gasteiger partial charge >= 0.3 is 0 Å². The lowest BCUT2D eigenvalue weighted by Crippen LogP contribution is -2.56. The molecule has 6 heteroatoms. The average Bonchev–Trinajstić information content (AvgIpc) is 3.35. The van der Waals surface area contributed by atoms with E-state index in [9.17, 15) is 14.3 Å². The third-order valence-electron chi connectivity index (χ3n) is 5.02. The van der Waals surface area contributed by atoms with Gasteiger partial charge in [-0.1, -0.05) is 12.1 Å². The Balaban J connectivity index is 1.74. The molecule has 1 amide bonds. The van der Waals surface area contributed by atoms with E-state index in [-0.39, 0.29) is 23.9 Å². The number of carbonyl (C=O) groups is 1. The number of carbonyl (C=O) groups excluding carboxylic acids is 1. The van der Waals surface area contributed by atoms with Crippen molar-refractivity contribution in [1.29, 1.82) is 0 Å². The Bertz CT molecular complexity index is 589. The van der Waals surface area contributed by atoms with Gasteiger partial charge in [-0.15, -0.1) is 0 Å². The molecule has 2 aliphatic rings. The highest BCUT2D eigenvalue weighted by atomic mass is 19.1. The molecule has 138 valence electrons. The van der Waals surface area contributed by atoms with Crippen molar-refractivity contribution >= 4 is 5.91 Å². The fourth-order valence-corrected chi connectivity index (χ4v) is 3.55. The summed E-state index contributed by atoms with van der Waals surface area (Å²) in [5, 5.41) is 12.7. The number of benzene rings is 1. The van der Waals surface area contributed by atoms with Crippen LogP contribution in [-0.2, 0) is 4.79 Å². The van der Waals surface area contributed by atoms with Crippen LogP contribution in [0.3, 0.4) is 0 Å². The average molecular weight is 349 g/mol. The Kier molecular flexibility index (Phi) is 5.71. The zero-order chi connectivity index (χ0) is 18.0. The molecule has 0 aromatic heterocycles. The number of rotatable bonds is 6. The highest BCUT2D eigenvalue weighted by Gasteiger charge is 2.35. The number of β-amino-alcohol motifs (C(OH)–C–C–N with tert-alkyl or cyclic N) is 1. The van der Waals surface area contributed by atoms with Crippen molar-refractivity contribution in [3.05, 3.63) is 35.6 Å². The van der Waals surface area contributed by atoms with Crippen LogP contribution in [-0.4, -0.2) is 65.2 Å². The van der Waals surface area contributed by atoms with Crippen molar-refractivity contribution in [3.8, 4) is 0 Å². The fourth-order valence-electron chi connectivity index (χ4n) is 3.55. The zero-order valence-corrected chi connectivity index (χ0v) is 15.0. The maximum atomic E-state index is 13.3. The monoisotopic (exact) mass is 349 g/mol. The van der Waals surface area contributed by atoms with Crippen molar-refractivity contribution in [2.45, 2.75) is 50.9 Å². The maximum Gasteiger partial charge on any atom is 0.242 e. The van der Waals surface area contributed by atoms with Crippen LogP contribution in [0.4, 0.5) is 4.39 Å². The van der Waals surface area contributed by atoms with Crippen molar-refractivity contribution in [2.24, 2.45) is 0 Å². The second-order valence-electron chi connectivity index (χ2n) is 7.42. The van der Waals surface area contributed by atoms with Crippen LogP contribution in [0.2, 0.25) is 0 Å². The van der Waals surface area contributed by atoms with Crippen molar-refractivity contribution in [2.75, 3.05) is 26.2 Å². The number of nitrogens with zero attached hydrogens (tertiary/aromatic N) is 2. The molecule has 0 unspecified atom stereocenters. The number of piperazine rings is 1. The van der Waals surface area contributed by atoms with Crippen molar-refractivity contribution in [3.63, 3.8) is 0 Å². The quantitative estimate of drug-likeness (QED) is 0.818. The highest BCUT2D eigenvalue weighted by Crippen LogP contribution is 2.27. The smallest absolute Gasteiger partial charge is 0.242 e. The lowest BCUT2D eigenvalue weighted by Gasteiger charge is -2.43. The molecule has 1 aromatic rings. The van der Waals surface area contributed by atoms with Crippen LogP contribution in [0.15, 0.2) is 24.3 Å². The first-order valence-electron chi connectivity index (χ1n) is 9.16. The topological polar surface area (TPSA) is 55.8 Å². The van der Waals surface area contributed by atoms with Gasteiger partial charge < -0.3 is 10.4 Å². The summed E-state index contributed by atoms with van der Waals surface area (Å²) in [6.45, 7) is 6.85. The number of hydrogen-bond acceptors (Lipinski definition) is 4. The summed E-state index contributed by atoms with van der Waals surface area (Å²) in [6, 6.07) is 6.40. The molecule has 3 atom stereocenters. The Morgan fingerprint density at radius 1 is 1.32 bits per heavy atom. The molecule has 1 heterocycles. The van der Waals surface area contributed by atoms with E-state index in [0.717, 1.165) is 38.0 Å². The standard InChI is InChI=1S/C19H28FN3O2/c1-13-11-23(10-9-22(13)12-14(2)24)18(19(25)21-17-7-8-17)15-3-5-16(20)6-4-15/h3-6,13-14,17-18,24H,7-12H2,1-2H3,(H,21,25)/t13-,14+,18-/m1/s1. The number of amides is 1. The van der Waals surface area contributed by atoms with Gasteiger partial charge in [-0.2, -0.15) is 0 Å². The minimum Gasteiger partial charge on any atom is -0.392 e. The molecule has 1 aliphatic carbocycles. The van der Waals surface area contributed by atoms with Crippen LogP contribution in [0.25, 0.3) is 0 Å². The molecular weight excluding hydrogens is 321 g/mol. The van der Waals surface area contributed by atoms with Gasteiger partial charge in [0.05, 0.1) is 6.10 Å². The molecule has 0 spiro atoms. The molecule has 5 nitrogen and oxygen atoms in total. The molecular formula is C19H28FN3O2. The molecule has 1 saturated carbocycles. The molecule has 0 bridgehead atoms. The Hall–Kier alpha value is -1.50. The van der Waals surface area contributed by atoms with Gasteiger partial charge in [-0.3, -0.25) is 14.6 Å². The second-order valence-corrected chi connectivity index (χ2v) is 7.42. The molecule has 1 aromatic carbocycles. The summed E-state index contributed by atoms with van der Waals surface area (Å²) in [5.74, 6) is -0.287. The summed E-state index contributed by atoms with van der Waals surface area (Å²) < 4.78 is 13.3. The van der Waals surface area contributed by atoms with Crippen molar-refractivity contribution in [1.82, 2.24) is 15.1 Å². The number of nitrogens with one attached hydrogen (secondary N) is 1. The van der Waals surface area contributed by atoms with Crippen LogP contribution < -0.4 is 5.32 Å². The normalized spacial score (nSPS) is 24.7. The minimum absolute atomic E-state index is 0.00489. The lowest BCUT2D eigenvalue weighted by atomic mass is 10.0. The van der Waals surface area contributed by atoms with E-state index in [0.29, 0.717) is 12.6 Å². The van der Waals surface area contributed by atoms with Gasteiger partial charge in [0.15, 0.2) is 0 Å². The molecule has 2 N–H and O–H groups in total. The first-order chi connectivity index (χ1) is 11.9. The van der Waals surface area contributed by atoms with Gasteiger partial charge in [0.2, 0.25) is 5.91 Å². The first kappa shape index (κ1) is 18.3. The second kappa shape index (κ2) is 7.81. The summed E-state index contributed by atoms with van der Waals surface area (Å²) in [6.07, 6.45) is 1.72. The minimum atomic E-state index is -0.391. The third kappa shape index (κ3) is 4.77. The summed E-state index contributed by atoms with van der Waals surface area (Å²) in [5.41, 5.74) is 0.829. The molecule has 3 rings (SSSR count). The predicted octanol–water partition coefficient (Wildman–Crippen LogP) is 1.53. The third-order valence-corrected chi connectivity index (χ3v) is 5.02. The SMILES string of the molecule is C[C@H](O)CN1CCN([C@@H](C(=O)NC2CC2)c2ccc(F)cc2)C[C@H]1C. The van der Waals surface area contributed by atoms with Crippen LogP contribution in [0.5, 0.6) is 0 Å². The van der Waals surface area contributed by atoms with E-state index in [1.807, 2.05) is 0 Å². The van der Waals surface area contributed by atoms with Gasteiger partial charge in [-0.05, 0) is 44.4 Å². The summed E-state index contributed by atoms with van der Waals surface area (Å²) in [7, 11) is 0. The molecule has 2 fully saturated rings. The van der Waals surface area contributed by atoms with E-state index in [4.69, 9.17) is 0 Å². The molecule has 0 radical (unpaired) electrons. The van der Waals surface area contributed by atoms with E-state index < -0.39 is 6.04 Å². The van der Waals surface area contributed by atoms with E-state index >= 15 is 0 Å². The van der Waals surface area contributed by atoms with Crippen LogP contribution in [0.1, 0.15) is 38.3 Å². The van der Waals surface area contributed by atoms with Crippen LogP contribution >= 0.6 is 0 Å². The first-order valence-corrected chi connectivity index (χ1v) is 9.16. The Morgan fingerprint density at radius 2 is 2.00 bits per heavy atom. The number of halogens is 1. The molecule has 1 saturated heterocycles. The lowest BCUT2D eigenvalue weighted by molar-refractivity contribution is -0.128. The Labute approximate surface area is 148 Å². The van der Waals surface area contributed by atoms with Gasteiger partial charge in [-0.25, -0.2) is 4.39 Å². The largest absolute Gasteiger partial charge is 0.392 e. The number of aliphatic hydroxyl groups excluding tert-OH is 1. The molecule has 1 aliphatic heterocycles.